The molecule has 1 amide bonds. The first kappa shape index (κ1) is 23.3. The first-order valence-electron chi connectivity index (χ1n) is 10.2. The highest BCUT2D eigenvalue weighted by molar-refractivity contribution is 7.93. The Labute approximate surface area is 201 Å². The zero-order chi connectivity index (χ0) is 24.3. The van der Waals surface area contributed by atoms with Gasteiger partial charge in [-0.1, -0.05) is 29.8 Å². The fourth-order valence-electron chi connectivity index (χ4n) is 3.54. The number of anilines is 2. The summed E-state index contributed by atoms with van der Waals surface area (Å²) in [6.07, 6.45) is 0.573. The molecule has 1 aliphatic heterocycles. The van der Waals surface area contributed by atoms with Crippen molar-refractivity contribution in [2.75, 3.05) is 22.8 Å². The lowest BCUT2D eigenvalue weighted by molar-refractivity contribution is -0.119. The zero-order valence-electron chi connectivity index (χ0n) is 17.7. The Morgan fingerprint density at radius 1 is 1.09 bits per heavy atom. The van der Waals surface area contributed by atoms with Crippen LogP contribution in [0.25, 0.3) is 0 Å². The van der Waals surface area contributed by atoms with Gasteiger partial charge in [0.1, 0.15) is 4.90 Å². The van der Waals surface area contributed by atoms with Gasteiger partial charge < -0.3 is 10.1 Å². The number of para-hydroxylation sites is 1. The molecule has 0 radical (unpaired) electrons. The van der Waals surface area contributed by atoms with Gasteiger partial charge in [-0.2, -0.15) is 5.26 Å². The van der Waals surface area contributed by atoms with E-state index in [1.807, 2.05) is 18.2 Å². The van der Waals surface area contributed by atoms with Gasteiger partial charge in [-0.25, -0.2) is 13.2 Å². The molecule has 3 aromatic carbocycles. The summed E-state index contributed by atoms with van der Waals surface area (Å²) < 4.78 is 32.9. The van der Waals surface area contributed by atoms with Crippen molar-refractivity contribution in [3.05, 3.63) is 88.4 Å². The van der Waals surface area contributed by atoms with Crippen molar-refractivity contribution in [3.63, 3.8) is 0 Å². The third kappa shape index (κ3) is 4.73. The van der Waals surface area contributed by atoms with Crippen molar-refractivity contribution >= 4 is 44.9 Å². The van der Waals surface area contributed by atoms with Crippen molar-refractivity contribution in [2.24, 2.45) is 0 Å². The van der Waals surface area contributed by atoms with Crippen LogP contribution in [0.15, 0.2) is 71.6 Å². The Balaban J connectivity index is 1.46. The Hall–Kier alpha value is -3.87. The number of carbonyl (C=O) groups excluding carboxylic acids is 2. The van der Waals surface area contributed by atoms with E-state index in [1.54, 1.807) is 24.3 Å². The lowest BCUT2D eigenvalue weighted by Crippen LogP contribution is -2.29. The second kappa shape index (κ2) is 9.55. The Morgan fingerprint density at radius 3 is 2.56 bits per heavy atom. The highest BCUT2D eigenvalue weighted by Crippen LogP contribution is 2.35. The van der Waals surface area contributed by atoms with Crippen LogP contribution >= 0.6 is 11.6 Å². The minimum atomic E-state index is -4.03. The maximum Gasteiger partial charge on any atom is 0.338 e. The summed E-state index contributed by atoms with van der Waals surface area (Å²) in [4.78, 5) is 24.4. The van der Waals surface area contributed by atoms with Crippen LogP contribution in [0.5, 0.6) is 0 Å². The topological polar surface area (TPSA) is 117 Å². The number of rotatable bonds is 6. The summed E-state index contributed by atoms with van der Waals surface area (Å²) in [6, 6.07) is 19.1. The largest absolute Gasteiger partial charge is 0.452 e. The van der Waals surface area contributed by atoms with Gasteiger partial charge in [-0.15, -0.1) is 0 Å². The maximum absolute atomic E-state index is 13.3. The molecule has 0 unspecified atom stereocenters. The predicted molar refractivity (Wildman–Crippen MR) is 126 cm³/mol. The standard InChI is InChI=1S/C24H18ClN3O5S/c25-20-10-7-18(24(30)33-15-23(29)27-19-8-5-16(14-26)6-9-19)13-22(20)34(31,32)28-12-11-17-3-1-2-4-21(17)28/h1-10,13H,11-12,15H2,(H,27,29). The number of nitrogens with one attached hydrogen (secondary N) is 1. The molecule has 0 aromatic heterocycles. The molecule has 0 atom stereocenters. The van der Waals surface area contributed by atoms with Crippen molar-refractivity contribution in [3.8, 4) is 6.07 Å². The fourth-order valence-corrected chi connectivity index (χ4v) is 5.55. The molecule has 1 N–H and O–H groups in total. The quantitative estimate of drug-likeness (QED) is 0.520. The fraction of sp³-hybridized carbons (Fsp3) is 0.125. The van der Waals surface area contributed by atoms with Crippen molar-refractivity contribution in [1.82, 2.24) is 0 Å². The molecule has 0 spiro atoms. The number of amides is 1. The molecular weight excluding hydrogens is 478 g/mol. The molecule has 0 saturated carbocycles. The number of fused-ring (bicyclic) bond motifs is 1. The molecule has 1 aliphatic rings. The third-order valence-electron chi connectivity index (χ3n) is 5.21. The normalized spacial score (nSPS) is 12.5. The van der Waals surface area contributed by atoms with E-state index < -0.39 is 28.5 Å². The molecule has 172 valence electrons. The summed E-state index contributed by atoms with van der Waals surface area (Å²) >= 11 is 6.19. The number of carbonyl (C=O) groups is 2. The average molecular weight is 496 g/mol. The summed E-state index contributed by atoms with van der Waals surface area (Å²) in [5.41, 5.74) is 2.31. The van der Waals surface area contributed by atoms with E-state index in [1.165, 1.54) is 28.6 Å². The number of nitriles is 1. The first-order valence-corrected chi connectivity index (χ1v) is 12.0. The highest BCUT2D eigenvalue weighted by atomic mass is 35.5. The molecule has 1 heterocycles. The van der Waals surface area contributed by atoms with Gasteiger partial charge in [0, 0.05) is 12.2 Å². The van der Waals surface area contributed by atoms with E-state index in [9.17, 15) is 18.0 Å². The van der Waals surface area contributed by atoms with Crippen LogP contribution in [0.1, 0.15) is 21.5 Å². The van der Waals surface area contributed by atoms with Gasteiger partial charge in [-0.3, -0.25) is 9.10 Å². The third-order valence-corrected chi connectivity index (χ3v) is 7.51. The number of hydrogen-bond donors (Lipinski definition) is 1. The lowest BCUT2D eigenvalue weighted by Gasteiger charge is -2.20. The van der Waals surface area contributed by atoms with E-state index >= 15 is 0 Å². The van der Waals surface area contributed by atoms with E-state index in [0.717, 1.165) is 11.6 Å². The molecule has 34 heavy (non-hydrogen) atoms. The zero-order valence-corrected chi connectivity index (χ0v) is 19.3. The molecule has 4 rings (SSSR count). The first-order chi connectivity index (χ1) is 16.3. The summed E-state index contributed by atoms with van der Waals surface area (Å²) in [5, 5.41) is 11.3. The minimum Gasteiger partial charge on any atom is -0.452 e. The van der Waals surface area contributed by atoms with E-state index in [0.29, 0.717) is 23.4 Å². The Morgan fingerprint density at radius 2 is 1.82 bits per heavy atom. The number of halogens is 1. The van der Waals surface area contributed by atoms with Crippen LogP contribution < -0.4 is 9.62 Å². The van der Waals surface area contributed by atoms with Crippen LogP contribution in [-0.2, 0) is 26.0 Å². The molecular formula is C24H18ClN3O5S. The van der Waals surface area contributed by atoms with Gasteiger partial charge in [0.2, 0.25) is 0 Å². The Kier molecular flexibility index (Phi) is 6.54. The molecule has 0 saturated heterocycles. The van der Waals surface area contributed by atoms with Crippen LogP contribution in [0.2, 0.25) is 5.02 Å². The minimum absolute atomic E-state index is 0.0282. The van der Waals surface area contributed by atoms with Crippen molar-refractivity contribution in [2.45, 2.75) is 11.3 Å². The second-order valence-electron chi connectivity index (χ2n) is 7.41. The number of esters is 1. The predicted octanol–water partition coefficient (Wildman–Crippen LogP) is 3.76. The lowest BCUT2D eigenvalue weighted by atomic mass is 10.2. The molecule has 3 aromatic rings. The van der Waals surface area contributed by atoms with E-state index in [2.05, 4.69) is 5.32 Å². The van der Waals surface area contributed by atoms with Crippen LogP contribution in [0.3, 0.4) is 0 Å². The average Bonchev–Trinajstić information content (AvgIpc) is 3.28. The molecule has 0 bridgehead atoms. The van der Waals surface area contributed by atoms with Crippen molar-refractivity contribution < 1.29 is 22.7 Å². The van der Waals surface area contributed by atoms with Gasteiger partial charge >= 0.3 is 5.97 Å². The summed E-state index contributed by atoms with van der Waals surface area (Å²) in [6.45, 7) is -0.314. The summed E-state index contributed by atoms with van der Waals surface area (Å²) in [7, 11) is -4.03. The number of nitrogens with zero attached hydrogens (tertiary/aromatic N) is 2. The van der Waals surface area contributed by atoms with Crippen LogP contribution in [0, 0.1) is 11.3 Å². The molecule has 10 heteroatoms. The van der Waals surface area contributed by atoms with Gasteiger partial charge in [0.25, 0.3) is 15.9 Å². The number of benzene rings is 3. The SMILES string of the molecule is N#Cc1ccc(NC(=O)COC(=O)c2ccc(Cl)c(S(=O)(=O)N3CCc4ccccc43)c2)cc1. The van der Waals surface area contributed by atoms with E-state index in [4.69, 9.17) is 21.6 Å². The second-order valence-corrected chi connectivity index (χ2v) is 9.65. The molecule has 0 fully saturated rings. The monoisotopic (exact) mass is 495 g/mol. The summed E-state index contributed by atoms with van der Waals surface area (Å²) in [5.74, 6) is -1.46. The smallest absolute Gasteiger partial charge is 0.338 e. The number of sulfonamides is 1. The van der Waals surface area contributed by atoms with Crippen LogP contribution in [0.4, 0.5) is 11.4 Å². The molecule has 8 nitrogen and oxygen atoms in total. The van der Waals surface area contributed by atoms with Crippen LogP contribution in [-0.4, -0.2) is 33.4 Å². The van der Waals surface area contributed by atoms with Crippen molar-refractivity contribution in [1.29, 1.82) is 5.26 Å². The Bertz CT molecular complexity index is 1420. The number of hydrogen-bond acceptors (Lipinski definition) is 6. The maximum atomic E-state index is 13.3. The number of ether oxygens (including phenoxy) is 1. The molecule has 0 aliphatic carbocycles. The van der Waals surface area contributed by atoms with E-state index in [-0.39, 0.29) is 22.0 Å². The van der Waals surface area contributed by atoms with Gasteiger partial charge in [0.05, 0.1) is 27.9 Å². The highest BCUT2D eigenvalue weighted by Gasteiger charge is 2.32. The van der Waals surface area contributed by atoms with Gasteiger partial charge in [-0.05, 0) is 60.5 Å². The van der Waals surface area contributed by atoms with Gasteiger partial charge in [0.15, 0.2) is 6.61 Å².